The average Bonchev–Trinajstić information content (AvgIpc) is 3.60. The molecule has 2 aromatic heterocycles. The van der Waals surface area contributed by atoms with E-state index in [-0.39, 0.29) is 10.8 Å². The van der Waals surface area contributed by atoms with Crippen LogP contribution in [0.2, 0.25) is 5.02 Å². The van der Waals surface area contributed by atoms with Gasteiger partial charge >= 0.3 is 0 Å². The monoisotopic (exact) mass is 557 g/mol. The van der Waals surface area contributed by atoms with Crippen LogP contribution in [0, 0.1) is 0 Å². The molecule has 1 aliphatic heterocycles. The number of anilines is 1. The highest BCUT2D eigenvalue weighted by Gasteiger charge is 2.40. The Bertz CT molecular complexity index is 1530. The van der Waals surface area contributed by atoms with Crippen molar-refractivity contribution in [3.8, 4) is 10.6 Å². The summed E-state index contributed by atoms with van der Waals surface area (Å²) in [6.45, 7) is 0.314. The summed E-state index contributed by atoms with van der Waals surface area (Å²) in [6.07, 6.45) is 5.33. The Morgan fingerprint density at radius 1 is 1.03 bits per heavy atom. The Morgan fingerprint density at radius 2 is 1.81 bits per heavy atom. The molecule has 36 heavy (non-hydrogen) atoms. The van der Waals surface area contributed by atoms with Crippen LogP contribution in [0.4, 0.5) is 5.00 Å². The Kier molecular flexibility index (Phi) is 6.37. The van der Waals surface area contributed by atoms with Gasteiger partial charge in [0.1, 0.15) is 16.1 Å². The lowest BCUT2D eigenvalue weighted by atomic mass is 9.95. The normalized spacial score (nSPS) is 18.4. The second-order valence-corrected chi connectivity index (χ2v) is 13.6. The zero-order valence-electron chi connectivity index (χ0n) is 19.4. The number of sulfonamides is 1. The lowest BCUT2D eigenvalue weighted by Crippen LogP contribution is -2.43. The topological polar surface area (TPSA) is 79.4 Å². The fourth-order valence-corrected chi connectivity index (χ4v) is 9.27. The standard InChI is InChI=1S/C26H24ClN3O3S3/c27-16-11-13-17(14-12-16)36(32,33)30-15-5-8-20(30)24(31)29-26-23(18-6-1-3-9-21(18)34-26)25-28-19-7-2-4-10-22(19)35-25/h2,4,7,10-14,20H,1,3,5-6,8-9,15H2,(H,29,31). The highest BCUT2D eigenvalue weighted by atomic mass is 35.5. The summed E-state index contributed by atoms with van der Waals surface area (Å²) in [7, 11) is -3.82. The third kappa shape index (κ3) is 4.26. The minimum absolute atomic E-state index is 0.147. The van der Waals surface area contributed by atoms with Gasteiger partial charge in [-0.3, -0.25) is 4.79 Å². The number of benzene rings is 2. The van der Waals surface area contributed by atoms with E-state index in [1.165, 1.54) is 26.9 Å². The van der Waals surface area contributed by atoms with E-state index in [0.717, 1.165) is 51.5 Å². The molecular formula is C26H24ClN3O3S3. The molecule has 6 rings (SSSR count). The summed E-state index contributed by atoms with van der Waals surface area (Å²) >= 11 is 9.19. The fourth-order valence-electron chi connectivity index (χ4n) is 5.09. The smallest absolute Gasteiger partial charge is 0.243 e. The number of carbonyl (C=O) groups excluding carboxylic acids is 1. The maximum absolute atomic E-state index is 13.6. The molecule has 1 fully saturated rings. The maximum atomic E-state index is 13.6. The van der Waals surface area contributed by atoms with Gasteiger partial charge in [0.25, 0.3) is 0 Å². The highest BCUT2D eigenvalue weighted by Crippen LogP contribution is 2.46. The number of aromatic nitrogens is 1. The third-order valence-electron chi connectivity index (χ3n) is 6.84. The van der Waals surface area contributed by atoms with Gasteiger partial charge in [0.15, 0.2) is 0 Å². The molecule has 3 heterocycles. The number of para-hydroxylation sites is 1. The molecule has 1 saturated heterocycles. The molecule has 0 spiro atoms. The van der Waals surface area contributed by atoms with Crippen LogP contribution in [0.5, 0.6) is 0 Å². The zero-order chi connectivity index (χ0) is 24.9. The molecule has 10 heteroatoms. The average molecular weight is 558 g/mol. The van der Waals surface area contributed by atoms with Crippen LogP contribution >= 0.6 is 34.3 Å². The number of hydrogen-bond acceptors (Lipinski definition) is 6. The number of nitrogens with zero attached hydrogens (tertiary/aromatic N) is 2. The SMILES string of the molecule is O=C(Nc1sc2c(c1-c1nc3ccccc3s1)CCCC2)C1CCCN1S(=O)(=O)c1ccc(Cl)cc1. The van der Waals surface area contributed by atoms with Gasteiger partial charge in [-0.05, 0) is 80.5 Å². The summed E-state index contributed by atoms with van der Waals surface area (Å²) in [5.74, 6) is -0.286. The van der Waals surface area contributed by atoms with Crippen LogP contribution in [-0.4, -0.2) is 36.2 Å². The van der Waals surface area contributed by atoms with Crippen molar-refractivity contribution >= 4 is 65.4 Å². The van der Waals surface area contributed by atoms with Crippen LogP contribution < -0.4 is 5.32 Å². The molecule has 4 aromatic rings. The number of thiophene rings is 1. The number of carbonyl (C=O) groups is 1. The molecule has 1 atom stereocenters. The lowest BCUT2D eigenvalue weighted by Gasteiger charge is -2.23. The molecular weight excluding hydrogens is 534 g/mol. The first kappa shape index (κ1) is 24.1. The van der Waals surface area contributed by atoms with E-state index in [1.807, 2.05) is 18.2 Å². The van der Waals surface area contributed by atoms with E-state index in [0.29, 0.717) is 24.4 Å². The summed E-state index contributed by atoms with van der Waals surface area (Å²) in [5.41, 5.74) is 3.23. The van der Waals surface area contributed by atoms with Crippen LogP contribution in [-0.2, 0) is 27.7 Å². The van der Waals surface area contributed by atoms with E-state index in [2.05, 4.69) is 11.4 Å². The predicted molar refractivity (Wildman–Crippen MR) is 147 cm³/mol. The van der Waals surface area contributed by atoms with Crippen molar-refractivity contribution in [3.63, 3.8) is 0 Å². The summed E-state index contributed by atoms with van der Waals surface area (Å²) in [5, 5.41) is 5.29. The molecule has 0 bridgehead atoms. The maximum Gasteiger partial charge on any atom is 0.243 e. The number of hydrogen-bond donors (Lipinski definition) is 1. The first-order chi connectivity index (χ1) is 17.4. The summed E-state index contributed by atoms with van der Waals surface area (Å²) in [6, 6.07) is 13.4. The molecule has 6 nitrogen and oxygen atoms in total. The first-order valence-electron chi connectivity index (χ1n) is 12.0. The van der Waals surface area contributed by atoms with E-state index in [1.54, 1.807) is 34.8 Å². The van der Waals surface area contributed by atoms with Gasteiger partial charge in [0.05, 0.1) is 15.1 Å². The van der Waals surface area contributed by atoms with Gasteiger partial charge in [0.2, 0.25) is 15.9 Å². The van der Waals surface area contributed by atoms with Crippen molar-refractivity contribution in [1.82, 2.24) is 9.29 Å². The Hall–Kier alpha value is -2.30. The molecule has 1 aliphatic carbocycles. The highest BCUT2D eigenvalue weighted by molar-refractivity contribution is 7.89. The van der Waals surface area contributed by atoms with Crippen LogP contribution in [0.1, 0.15) is 36.1 Å². The van der Waals surface area contributed by atoms with E-state index < -0.39 is 16.1 Å². The van der Waals surface area contributed by atoms with Crippen molar-refractivity contribution in [2.24, 2.45) is 0 Å². The van der Waals surface area contributed by atoms with Crippen molar-refractivity contribution in [2.45, 2.75) is 49.5 Å². The molecule has 2 aromatic carbocycles. The lowest BCUT2D eigenvalue weighted by molar-refractivity contribution is -0.119. The number of aryl methyl sites for hydroxylation is 1. The van der Waals surface area contributed by atoms with Gasteiger partial charge in [-0.25, -0.2) is 13.4 Å². The third-order valence-corrected chi connectivity index (χ3v) is 11.3. The number of amides is 1. The largest absolute Gasteiger partial charge is 0.316 e. The van der Waals surface area contributed by atoms with E-state index in [9.17, 15) is 13.2 Å². The molecule has 1 unspecified atom stereocenters. The second kappa shape index (κ2) is 9.54. The Morgan fingerprint density at radius 3 is 2.61 bits per heavy atom. The van der Waals surface area contributed by atoms with Crippen LogP contribution in [0.25, 0.3) is 20.8 Å². The quantitative estimate of drug-likeness (QED) is 0.310. The zero-order valence-corrected chi connectivity index (χ0v) is 22.6. The van der Waals surface area contributed by atoms with Gasteiger partial charge in [-0.15, -0.1) is 22.7 Å². The number of fused-ring (bicyclic) bond motifs is 2. The van der Waals surface area contributed by atoms with Crippen LogP contribution in [0.15, 0.2) is 53.4 Å². The molecule has 0 saturated carbocycles. The minimum Gasteiger partial charge on any atom is -0.316 e. The van der Waals surface area contributed by atoms with Crippen LogP contribution in [0.3, 0.4) is 0 Å². The van der Waals surface area contributed by atoms with Crippen molar-refractivity contribution in [3.05, 3.63) is 64.0 Å². The van der Waals surface area contributed by atoms with Gasteiger partial charge in [-0.1, -0.05) is 23.7 Å². The number of thiazole rings is 1. The fraction of sp³-hybridized carbons (Fsp3) is 0.308. The molecule has 0 radical (unpaired) electrons. The number of rotatable bonds is 5. The summed E-state index contributed by atoms with van der Waals surface area (Å²) in [4.78, 5) is 19.9. The molecule has 186 valence electrons. The van der Waals surface area contributed by atoms with Gasteiger partial charge in [-0.2, -0.15) is 4.31 Å². The number of nitrogens with one attached hydrogen (secondary N) is 1. The summed E-state index contributed by atoms with van der Waals surface area (Å²) < 4.78 is 29.2. The Labute approximate surface area is 223 Å². The number of halogens is 1. The van der Waals surface area contributed by atoms with E-state index in [4.69, 9.17) is 16.6 Å². The predicted octanol–water partition coefficient (Wildman–Crippen LogP) is 6.35. The van der Waals surface area contributed by atoms with Crippen molar-refractivity contribution in [1.29, 1.82) is 0 Å². The first-order valence-corrected chi connectivity index (χ1v) is 15.5. The van der Waals surface area contributed by atoms with Gasteiger partial charge < -0.3 is 5.32 Å². The minimum atomic E-state index is -3.82. The molecule has 2 aliphatic rings. The second-order valence-electron chi connectivity index (χ2n) is 9.12. The van der Waals surface area contributed by atoms with Gasteiger partial charge in [0, 0.05) is 22.0 Å². The van der Waals surface area contributed by atoms with E-state index >= 15 is 0 Å². The molecule has 1 N–H and O–H groups in total. The van der Waals surface area contributed by atoms with Crippen molar-refractivity contribution in [2.75, 3.05) is 11.9 Å². The Balaban J connectivity index is 1.34. The molecule has 1 amide bonds. The van der Waals surface area contributed by atoms with Crippen molar-refractivity contribution < 1.29 is 13.2 Å².